The third-order valence-corrected chi connectivity index (χ3v) is 2.72. The maximum absolute atomic E-state index is 11.8. The maximum atomic E-state index is 11.8. The Morgan fingerprint density at radius 3 is 2.59 bits per heavy atom. The molecule has 22 heavy (non-hydrogen) atoms. The van der Waals surface area contributed by atoms with Gasteiger partial charge in [0.1, 0.15) is 12.7 Å². The average Bonchev–Trinajstić information content (AvgIpc) is 2.95. The van der Waals surface area contributed by atoms with E-state index < -0.39 is 10.9 Å². The number of esters is 1. The number of rotatable bonds is 5. The van der Waals surface area contributed by atoms with E-state index in [0.717, 1.165) is 0 Å². The summed E-state index contributed by atoms with van der Waals surface area (Å²) in [6.45, 7) is -0.112. The Morgan fingerprint density at radius 1 is 1.36 bits per heavy atom. The molecule has 0 spiro atoms. The number of carbonyl (C=O) groups excluding carboxylic acids is 2. The van der Waals surface area contributed by atoms with E-state index in [0.29, 0.717) is 11.3 Å². The molecule has 0 atom stereocenters. The van der Waals surface area contributed by atoms with Crippen LogP contribution in [0.3, 0.4) is 0 Å². The van der Waals surface area contributed by atoms with Gasteiger partial charge >= 0.3 is 11.8 Å². The highest BCUT2D eigenvalue weighted by Gasteiger charge is 2.12. The number of ether oxygens (including phenoxy) is 1. The normalized spacial score (nSPS) is 10.0. The van der Waals surface area contributed by atoms with E-state index in [1.54, 1.807) is 12.1 Å². The quantitative estimate of drug-likeness (QED) is 0.504. The number of hydrogen-bond acceptors (Lipinski definition) is 6. The predicted octanol–water partition coefficient (Wildman–Crippen LogP) is 1.22. The lowest BCUT2D eigenvalue weighted by Gasteiger charge is -2.06. The lowest BCUT2D eigenvalue weighted by molar-refractivity contribution is -0.389. The first-order valence-corrected chi connectivity index (χ1v) is 6.14. The van der Waals surface area contributed by atoms with Crippen molar-refractivity contribution in [1.29, 1.82) is 0 Å². The van der Waals surface area contributed by atoms with E-state index in [1.807, 2.05) is 0 Å². The zero-order chi connectivity index (χ0) is 16.1. The van der Waals surface area contributed by atoms with Crippen LogP contribution in [-0.2, 0) is 16.1 Å². The van der Waals surface area contributed by atoms with E-state index in [9.17, 15) is 19.7 Å². The highest BCUT2D eigenvalue weighted by atomic mass is 16.6. The molecule has 1 aromatic carbocycles. The van der Waals surface area contributed by atoms with Crippen molar-refractivity contribution in [3.63, 3.8) is 0 Å². The molecule has 0 aliphatic heterocycles. The Kier molecular flexibility index (Phi) is 4.47. The zero-order valence-corrected chi connectivity index (χ0v) is 11.6. The first kappa shape index (κ1) is 15.2. The molecule has 1 aromatic heterocycles. The van der Waals surface area contributed by atoms with Gasteiger partial charge in [-0.1, -0.05) is 0 Å². The minimum atomic E-state index is -0.639. The van der Waals surface area contributed by atoms with Crippen molar-refractivity contribution >= 4 is 23.4 Å². The van der Waals surface area contributed by atoms with Crippen LogP contribution in [0.4, 0.5) is 11.5 Å². The van der Waals surface area contributed by atoms with Gasteiger partial charge in [-0.25, -0.2) is 4.79 Å². The number of methoxy groups -OCH3 is 1. The van der Waals surface area contributed by atoms with Gasteiger partial charge in [0.2, 0.25) is 12.2 Å². The van der Waals surface area contributed by atoms with E-state index in [2.05, 4.69) is 15.0 Å². The number of aromatic nitrogens is 2. The lowest BCUT2D eigenvalue weighted by atomic mass is 10.2. The second-order valence-electron chi connectivity index (χ2n) is 4.28. The minimum Gasteiger partial charge on any atom is -0.465 e. The largest absolute Gasteiger partial charge is 0.465 e. The number of imidazole rings is 1. The maximum Gasteiger partial charge on any atom is 0.381 e. The molecule has 1 heterocycles. The molecule has 0 saturated heterocycles. The highest BCUT2D eigenvalue weighted by molar-refractivity contribution is 5.92. The molecule has 0 saturated carbocycles. The van der Waals surface area contributed by atoms with E-state index in [-0.39, 0.29) is 18.3 Å². The Hall–Kier alpha value is -3.23. The summed E-state index contributed by atoms with van der Waals surface area (Å²) in [5, 5.41) is 13.1. The van der Waals surface area contributed by atoms with Gasteiger partial charge in [-0.2, -0.15) is 0 Å². The van der Waals surface area contributed by atoms with Crippen LogP contribution in [0, 0.1) is 10.1 Å². The number of nitrogens with one attached hydrogen (secondary N) is 1. The summed E-state index contributed by atoms with van der Waals surface area (Å²) in [5.41, 5.74) is 0.859. The van der Waals surface area contributed by atoms with Gasteiger partial charge in [-0.3, -0.25) is 4.79 Å². The number of nitro groups is 1. The van der Waals surface area contributed by atoms with Gasteiger partial charge in [0, 0.05) is 5.69 Å². The van der Waals surface area contributed by atoms with Crippen LogP contribution >= 0.6 is 0 Å². The fourth-order valence-electron chi connectivity index (χ4n) is 1.70. The fraction of sp³-hybridized carbons (Fsp3) is 0.154. The SMILES string of the molecule is COC(=O)c1ccc(NC(=O)Cn2cnc([N+](=O)[O-])c2)cc1. The van der Waals surface area contributed by atoms with E-state index in [1.165, 1.54) is 36.3 Å². The number of nitrogens with zero attached hydrogens (tertiary/aromatic N) is 3. The Bertz CT molecular complexity index is 707. The molecule has 0 radical (unpaired) electrons. The molecule has 0 aliphatic carbocycles. The van der Waals surface area contributed by atoms with Gasteiger partial charge < -0.3 is 24.7 Å². The number of amides is 1. The summed E-state index contributed by atoms with van der Waals surface area (Å²) in [7, 11) is 1.28. The van der Waals surface area contributed by atoms with Gasteiger partial charge in [0.15, 0.2) is 0 Å². The van der Waals surface area contributed by atoms with Crippen LogP contribution in [0.15, 0.2) is 36.8 Å². The summed E-state index contributed by atoms with van der Waals surface area (Å²) in [5.74, 6) is -1.17. The third-order valence-electron chi connectivity index (χ3n) is 2.72. The van der Waals surface area contributed by atoms with Crippen LogP contribution in [0.25, 0.3) is 0 Å². The first-order valence-electron chi connectivity index (χ1n) is 6.14. The first-order chi connectivity index (χ1) is 10.5. The lowest BCUT2D eigenvalue weighted by Crippen LogP contribution is -2.17. The molecule has 0 unspecified atom stereocenters. The van der Waals surface area contributed by atoms with Gasteiger partial charge in [-0.05, 0) is 34.2 Å². The molecule has 114 valence electrons. The summed E-state index contributed by atoms with van der Waals surface area (Å²) in [4.78, 5) is 36.5. The van der Waals surface area contributed by atoms with Crippen LogP contribution < -0.4 is 5.32 Å². The topological polar surface area (TPSA) is 116 Å². The summed E-state index contributed by atoms with van der Waals surface area (Å²) < 4.78 is 5.87. The molecule has 0 aliphatic rings. The van der Waals surface area contributed by atoms with Crippen molar-refractivity contribution in [2.24, 2.45) is 0 Å². The Balaban J connectivity index is 1.96. The van der Waals surface area contributed by atoms with E-state index >= 15 is 0 Å². The Labute approximate surface area is 124 Å². The van der Waals surface area contributed by atoms with Crippen molar-refractivity contribution in [1.82, 2.24) is 9.55 Å². The molecule has 1 amide bonds. The molecule has 9 heteroatoms. The average molecular weight is 304 g/mol. The van der Waals surface area contributed by atoms with E-state index in [4.69, 9.17) is 0 Å². The zero-order valence-electron chi connectivity index (χ0n) is 11.6. The number of anilines is 1. The van der Waals surface area contributed by atoms with Crippen LogP contribution in [-0.4, -0.2) is 33.5 Å². The van der Waals surface area contributed by atoms with Crippen molar-refractivity contribution < 1.29 is 19.2 Å². The molecule has 0 fully saturated rings. The molecular weight excluding hydrogens is 292 g/mol. The predicted molar refractivity (Wildman–Crippen MR) is 75.3 cm³/mol. The standard InChI is InChI=1S/C13H12N4O5/c1-22-13(19)9-2-4-10(5-3-9)15-12(18)7-16-6-11(14-8-16)17(20)21/h2-6,8H,7H2,1H3,(H,15,18). The van der Waals surface area contributed by atoms with Crippen molar-refractivity contribution in [2.75, 3.05) is 12.4 Å². The van der Waals surface area contributed by atoms with Crippen LogP contribution in [0.1, 0.15) is 10.4 Å². The highest BCUT2D eigenvalue weighted by Crippen LogP contribution is 2.11. The summed E-state index contributed by atoms with van der Waals surface area (Å²) in [6, 6.07) is 6.15. The summed E-state index contributed by atoms with van der Waals surface area (Å²) >= 11 is 0. The van der Waals surface area contributed by atoms with Crippen molar-refractivity contribution in [3.05, 3.63) is 52.5 Å². The number of carbonyl (C=O) groups is 2. The molecule has 2 aromatic rings. The monoisotopic (exact) mass is 304 g/mol. The fourth-order valence-corrected chi connectivity index (χ4v) is 1.70. The van der Waals surface area contributed by atoms with Gasteiger partial charge in [0.25, 0.3) is 0 Å². The van der Waals surface area contributed by atoms with Crippen molar-refractivity contribution in [3.8, 4) is 0 Å². The van der Waals surface area contributed by atoms with Crippen molar-refractivity contribution in [2.45, 2.75) is 6.54 Å². The molecular formula is C13H12N4O5. The molecule has 0 bridgehead atoms. The smallest absolute Gasteiger partial charge is 0.381 e. The second-order valence-corrected chi connectivity index (χ2v) is 4.28. The number of hydrogen-bond donors (Lipinski definition) is 1. The molecule has 1 N–H and O–H groups in total. The third kappa shape index (κ3) is 3.66. The number of benzene rings is 1. The molecule has 9 nitrogen and oxygen atoms in total. The summed E-state index contributed by atoms with van der Waals surface area (Å²) in [6.07, 6.45) is 2.37. The van der Waals surface area contributed by atoms with Crippen LogP contribution in [0.2, 0.25) is 0 Å². The minimum absolute atomic E-state index is 0.112. The second kappa shape index (κ2) is 6.48. The van der Waals surface area contributed by atoms with Gasteiger partial charge in [0.05, 0.1) is 12.7 Å². The van der Waals surface area contributed by atoms with Gasteiger partial charge in [-0.15, -0.1) is 0 Å². The molecule has 2 rings (SSSR count). The van der Waals surface area contributed by atoms with Crippen LogP contribution in [0.5, 0.6) is 0 Å². The Morgan fingerprint density at radius 2 is 2.05 bits per heavy atom.